The summed E-state index contributed by atoms with van der Waals surface area (Å²) < 4.78 is 85.9. The van der Waals surface area contributed by atoms with E-state index in [-0.39, 0.29) is 48.6 Å². The molecule has 2 aliphatic heterocycles. The summed E-state index contributed by atoms with van der Waals surface area (Å²) in [6.45, 7) is -0.160. The number of nitrogens with one attached hydrogen (secondary N) is 3. The second kappa shape index (κ2) is 16.3. The van der Waals surface area contributed by atoms with E-state index in [2.05, 4.69) is 25.4 Å². The summed E-state index contributed by atoms with van der Waals surface area (Å²) in [5.41, 5.74) is -0.807. The van der Waals surface area contributed by atoms with Crippen LogP contribution in [0.2, 0.25) is 0 Å². The lowest BCUT2D eigenvalue weighted by Gasteiger charge is -2.29. The Hall–Kier alpha value is -5.40. The SMILES string of the molecule is COc1ccc2c(O[C@@H]3C[C@H]4C(=O)N[C@]5(C(=O)NS(=O)(=O)C6CC6)C[C@H]5C=CCCCCC[C@H](NC(=O)c5ccn(C)n5)C(=O)N4C3)cc(OCC(F)(F)F)nc2c1C. The van der Waals surface area contributed by atoms with Crippen molar-refractivity contribution in [2.24, 2.45) is 13.0 Å². The van der Waals surface area contributed by atoms with E-state index in [1.54, 1.807) is 38.4 Å². The number of ether oxygens (including phenoxy) is 3. The van der Waals surface area contributed by atoms with Crippen LogP contribution in [-0.2, 0) is 31.5 Å². The molecule has 1 aromatic carbocycles. The van der Waals surface area contributed by atoms with Gasteiger partial charge in [0, 0.05) is 42.6 Å². The molecule has 16 nitrogen and oxygen atoms in total. The monoisotopic (exact) mass is 845 g/mol. The van der Waals surface area contributed by atoms with Crippen LogP contribution in [0.1, 0.15) is 73.8 Å². The van der Waals surface area contributed by atoms with Gasteiger partial charge in [0.1, 0.15) is 40.9 Å². The van der Waals surface area contributed by atoms with Crippen LogP contribution in [0.25, 0.3) is 10.9 Å². The Morgan fingerprint density at radius 1 is 1.08 bits per heavy atom. The number of carbonyl (C=O) groups is 4. The fraction of sp³-hybridized carbons (Fsp3) is 0.538. The van der Waals surface area contributed by atoms with Crippen LogP contribution in [0.4, 0.5) is 13.2 Å². The molecule has 20 heteroatoms. The van der Waals surface area contributed by atoms with Gasteiger partial charge >= 0.3 is 6.18 Å². The number of benzene rings is 1. The summed E-state index contributed by atoms with van der Waals surface area (Å²) in [5, 5.41) is 9.44. The molecule has 4 heterocycles. The third-order valence-electron chi connectivity index (χ3n) is 11.1. The van der Waals surface area contributed by atoms with Gasteiger partial charge in [0.05, 0.1) is 24.4 Å². The molecule has 5 atom stereocenters. The largest absolute Gasteiger partial charge is 0.496 e. The van der Waals surface area contributed by atoms with Crippen molar-refractivity contribution in [3.8, 4) is 17.4 Å². The Bertz CT molecular complexity index is 2280. The van der Waals surface area contributed by atoms with Crippen molar-refractivity contribution in [1.82, 2.24) is 35.0 Å². The molecule has 7 rings (SSSR count). The Labute approximate surface area is 338 Å². The molecule has 1 saturated heterocycles. The second-order valence-electron chi connectivity index (χ2n) is 15.5. The maximum atomic E-state index is 14.6. The van der Waals surface area contributed by atoms with Crippen LogP contribution in [0.15, 0.2) is 42.6 Å². The molecule has 3 fully saturated rings. The van der Waals surface area contributed by atoms with Crippen molar-refractivity contribution in [3.05, 3.63) is 53.9 Å². The first kappa shape index (κ1) is 41.7. The van der Waals surface area contributed by atoms with Crippen molar-refractivity contribution >= 4 is 44.6 Å². The van der Waals surface area contributed by atoms with Gasteiger partial charge in [-0.15, -0.1) is 0 Å². The van der Waals surface area contributed by atoms with E-state index in [0.717, 1.165) is 6.42 Å². The Morgan fingerprint density at radius 2 is 1.86 bits per heavy atom. The van der Waals surface area contributed by atoms with Crippen LogP contribution in [0.5, 0.6) is 17.4 Å². The highest BCUT2D eigenvalue weighted by Gasteiger charge is 2.62. The van der Waals surface area contributed by atoms with Gasteiger partial charge in [-0.1, -0.05) is 25.0 Å². The minimum atomic E-state index is -4.66. The minimum Gasteiger partial charge on any atom is -0.496 e. The highest BCUT2D eigenvalue weighted by Crippen LogP contribution is 2.46. The number of alkyl halides is 3. The lowest BCUT2D eigenvalue weighted by atomic mass is 10.0. The van der Waals surface area contributed by atoms with Gasteiger partial charge in [-0.2, -0.15) is 18.3 Å². The summed E-state index contributed by atoms with van der Waals surface area (Å²) in [5.74, 6) is -3.27. The van der Waals surface area contributed by atoms with Crippen molar-refractivity contribution < 1.29 is 55.0 Å². The van der Waals surface area contributed by atoms with Gasteiger partial charge in [0.15, 0.2) is 6.61 Å². The first-order valence-electron chi connectivity index (χ1n) is 19.5. The van der Waals surface area contributed by atoms with Gasteiger partial charge in [-0.25, -0.2) is 13.4 Å². The smallest absolute Gasteiger partial charge is 0.422 e. The predicted molar refractivity (Wildman–Crippen MR) is 205 cm³/mol. The maximum absolute atomic E-state index is 14.6. The quantitative estimate of drug-likeness (QED) is 0.253. The number of fused-ring (bicyclic) bond motifs is 3. The first-order valence-corrected chi connectivity index (χ1v) is 21.0. The van der Waals surface area contributed by atoms with Gasteiger partial charge in [-0.3, -0.25) is 28.6 Å². The molecule has 3 aromatic rings. The topological polar surface area (TPSA) is 200 Å². The van der Waals surface area contributed by atoms with E-state index in [1.807, 2.05) is 6.08 Å². The molecule has 4 amide bonds. The molecular weight excluding hydrogens is 800 g/mol. The Balaban J connectivity index is 1.23. The van der Waals surface area contributed by atoms with Crippen LogP contribution < -0.4 is 29.6 Å². The number of aromatic nitrogens is 3. The highest BCUT2D eigenvalue weighted by molar-refractivity contribution is 7.91. The van der Waals surface area contributed by atoms with Crippen LogP contribution in [0.3, 0.4) is 0 Å². The third kappa shape index (κ3) is 9.26. The number of carbonyl (C=O) groups excluding carboxylic acids is 4. The molecule has 4 aliphatic rings. The molecule has 2 aromatic heterocycles. The average molecular weight is 846 g/mol. The number of nitrogens with zero attached hydrogens (tertiary/aromatic N) is 4. The zero-order valence-electron chi connectivity index (χ0n) is 32.7. The number of amides is 4. The minimum absolute atomic E-state index is 0.0621. The number of aryl methyl sites for hydroxylation is 2. The van der Waals surface area contributed by atoms with E-state index in [4.69, 9.17) is 14.2 Å². The number of halogens is 3. The van der Waals surface area contributed by atoms with Gasteiger partial charge in [0.25, 0.3) is 11.8 Å². The molecule has 3 N–H and O–H groups in total. The van der Waals surface area contributed by atoms with Crippen LogP contribution >= 0.6 is 0 Å². The second-order valence-corrected chi connectivity index (χ2v) is 17.5. The highest BCUT2D eigenvalue weighted by atomic mass is 32.2. The predicted octanol–water partition coefficient (Wildman–Crippen LogP) is 3.38. The number of rotatable bonds is 10. The van der Waals surface area contributed by atoms with Gasteiger partial charge < -0.3 is 29.7 Å². The standard InChI is InChI=1S/C39H46F3N7O9S/c1-22-30(56-3)14-13-26-31(18-32(44-33(22)26)57-21-39(40,41)42)58-24-17-29-35(51)45-38(37(53)47-59(54,55)25-11-12-25)19-23(38)9-7-5-4-6-8-10-28(36(52)49(29)20-24)43-34(50)27-15-16-48(2)46-27/h7,9,13-16,18,23-25,28-29H,4-6,8,10-12,17,19-21H2,1-3H3,(H,43,50)(H,45,51)(H,47,53)/t23-,24-,28+,29+,38-/m1/s1. The summed E-state index contributed by atoms with van der Waals surface area (Å²) in [6, 6.07) is 3.57. The fourth-order valence-electron chi connectivity index (χ4n) is 7.70. The molecule has 2 saturated carbocycles. The molecule has 59 heavy (non-hydrogen) atoms. The number of sulfonamides is 1. The molecule has 2 aliphatic carbocycles. The first-order chi connectivity index (χ1) is 28.0. The summed E-state index contributed by atoms with van der Waals surface area (Å²) in [6.07, 6.45) is 3.28. The fourth-order valence-corrected chi connectivity index (χ4v) is 9.06. The average Bonchev–Trinajstić information content (AvgIpc) is 4.07. The van der Waals surface area contributed by atoms with Crippen molar-refractivity contribution in [2.75, 3.05) is 20.3 Å². The number of hydrogen-bond acceptors (Lipinski definition) is 11. The summed E-state index contributed by atoms with van der Waals surface area (Å²) >= 11 is 0. The third-order valence-corrected chi connectivity index (χ3v) is 12.9. The van der Waals surface area contributed by atoms with Crippen molar-refractivity contribution in [1.29, 1.82) is 0 Å². The number of hydrogen-bond donors (Lipinski definition) is 3. The molecule has 0 unspecified atom stereocenters. The van der Waals surface area contributed by atoms with E-state index in [1.165, 1.54) is 28.8 Å². The molecular formula is C39H46F3N7O9S. The number of allylic oxidation sites excluding steroid dienone is 1. The van der Waals surface area contributed by atoms with Crippen LogP contribution in [0, 0.1) is 12.8 Å². The van der Waals surface area contributed by atoms with E-state index in [0.29, 0.717) is 48.8 Å². The van der Waals surface area contributed by atoms with Crippen LogP contribution in [-0.4, -0.2) is 107 Å². The normalized spacial score (nSPS) is 25.2. The van der Waals surface area contributed by atoms with Gasteiger partial charge in [-0.05, 0) is 63.6 Å². The maximum Gasteiger partial charge on any atom is 0.422 e. The molecule has 318 valence electrons. The zero-order valence-corrected chi connectivity index (χ0v) is 33.5. The van der Waals surface area contributed by atoms with Gasteiger partial charge in [0.2, 0.25) is 27.7 Å². The molecule has 0 spiro atoms. The van der Waals surface area contributed by atoms with E-state index >= 15 is 0 Å². The Morgan fingerprint density at radius 3 is 2.56 bits per heavy atom. The summed E-state index contributed by atoms with van der Waals surface area (Å²) in [7, 11) is -0.899. The van der Waals surface area contributed by atoms with Crippen molar-refractivity contribution in [2.45, 2.75) is 99.9 Å². The molecule has 0 bridgehead atoms. The summed E-state index contributed by atoms with van der Waals surface area (Å²) in [4.78, 5) is 61.8. The lowest BCUT2D eigenvalue weighted by molar-refractivity contribution is -0.154. The Kier molecular flexibility index (Phi) is 11.6. The molecule has 0 radical (unpaired) electrons. The van der Waals surface area contributed by atoms with Crippen molar-refractivity contribution in [3.63, 3.8) is 0 Å². The lowest BCUT2D eigenvalue weighted by Crippen LogP contribution is -2.58. The zero-order chi connectivity index (χ0) is 42.3. The van der Waals surface area contributed by atoms with E-state index < -0.39 is 81.3 Å². The number of methoxy groups -OCH3 is 1. The van der Waals surface area contributed by atoms with E-state index in [9.17, 15) is 40.8 Å². The number of pyridine rings is 1.